The number of carbonyl (C=O) groups is 2. The van der Waals surface area contributed by atoms with Gasteiger partial charge in [-0.2, -0.15) is 0 Å². The molecular formula is C20H20FNO5. The van der Waals surface area contributed by atoms with E-state index in [-0.39, 0.29) is 23.8 Å². The number of ether oxygens (including phenoxy) is 2. The fourth-order valence-corrected chi connectivity index (χ4v) is 2.93. The number of amides is 1. The lowest BCUT2D eigenvalue weighted by Crippen LogP contribution is -2.19. The Kier molecular flexibility index (Phi) is 6.03. The van der Waals surface area contributed by atoms with Crippen LogP contribution in [0.15, 0.2) is 42.5 Å². The van der Waals surface area contributed by atoms with Gasteiger partial charge in [0.25, 0.3) is 0 Å². The molecule has 1 amide bonds. The molecule has 142 valence electrons. The van der Waals surface area contributed by atoms with Crippen LogP contribution in [0.25, 0.3) is 0 Å². The molecule has 1 fully saturated rings. The molecule has 2 N–H and O–H groups in total. The van der Waals surface area contributed by atoms with Crippen LogP contribution in [0.5, 0.6) is 5.75 Å². The van der Waals surface area contributed by atoms with E-state index in [1.807, 2.05) is 0 Å². The summed E-state index contributed by atoms with van der Waals surface area (Å²) in [6, 6.07) is 10.1. The van der Waals surface area contributed by atoms with Crippen molar-refractivity contribution in [1.29, 1.82) is 0 Å². The van der Waals surface area contributed by atoms with Gasteiger partial charge in [0.2, 0.25) is 5.91 Å². The Hall–Kier alpha value is -2.93. The van der Waals surface area contributed by atoms with Crippen molar-refractivity contribution in [2.75, 3.05) is 18.5 Å². The first kappa shape index (κ1) is 18.8. The second kappa shape index (κ2) is 8.64. The van der Waals surface area contributed by atoms with Crippen molar-refractivity contribution >= 4 is 17.6 Å². The highest BCUT2D eigenvalue weighted by atomic mass is 19.1. The van der Waals surface area contributed by atoms with Crippen molar-refractivity contribution in [3.63, 3.8) is 0 Å². The number of nitrogens with one attached hydrogen (secondary N) is 1. The molecule has 3 rings (SSSR count). The van der Waals surface area contributed by atoms with E-state index in [1.165, 1.54) is 24.3 Å². The van der Waals surface area contributed by atoms with E-state index in [9.17, 15) is 19.1 Å². The third-order valence-corrected chi connectivity index (χ3v) is 4.26. The van der Waals surface area contributed by atoms with E-state index in [1.54, 1.807) is 18.2 Å². The fraction of sp³-hybridized carbons (Fsp3) is 0.300. The van der Waals surface area contributed by atoms with Crippen LogP contribution in [0.3, 0.4) is 0 Å². The molecule has 1 saturated heterocycles. The first-order valence-corrected chi connectivity index (χ1v) is 8.68. The molecule has 0 radical (unpaired) electrons. The highest BCUT2D eigenvalue weighted by Gasteiger charge is 2.18. The van der Waals surface area contributed by atoms with Crippen LogP contribution >= 0.6 is 0 Å². The molecule has 1 unspecified atom stereocenters. The van der Waals surface area contributed by atoms with Crippen LogP contribution in [0, 0.1) is 5.82 Å². The van der Waals surface area contributed by atoms with Crippen molar-refractivity contribution in [2.24, 2.45) is 0 Å². The van der Waals surface area contributed by atoms with E-state index >= 15 is 0 Å². The molecule has 0 bridgehead atoms. The van der Waals surface area contributed by atoms with Crippen LogP contribution in [0.2, 0.25) is 0 Å². The SMILES string of the molecule is O=C(Cc1ccccc1C(=O)O)Nc1cc(F)ccc1OCC1CCCO1. The van der Waals surface area contributed by atoms with Gasteiger partial charge in [0.15, 0.2) is 0 Å². The Morgan fingerprint density at radius 3 is 2.81 bits per heavy atom. The first-order valence-electron chi connectivity index (χ1n) is 8.68. The molecule has 6 nitrogen and oxygen atoms in total. The lowest BCUT2D eigenvalue weighted by atomic mass is 10.0. The summed E-state index contributed by atoms with van der Waals surface area (Å²) in [6.45, 7) is 1.01. The molecule has 0 aliphatic carbocycles. The minimum Gasteiger partial charge on any atom is -0.489 e. The van der Waals surface area contributed by atoms with Crippen molar-refractivity contribution in [3.8, 4) is 5.75 Å². The normalized spacial score (nSPS) is 16.1. The number of benzene rings is 2. The molecule has 2 aromatic carbocycles. The standard InChI is InChI=1S/C20H20FNO5/c21-14-7-8-18(27-12-15-5-3-9-26-15)17(11-14)22-19(23)10-13-4-1-2-6-16(13)20(24)25/h1-2,4,6-8,11,15H,3,5,9-10,12H2,(H,22,23)(H,24,25). The van der Waals surface area contributed by atoms with Crippen LogP contribution in [-0.2, 0) is 16.0 Å². The number of carboxylic acid groups (broad SMARTS) is 1. The van der Waals surface area contributed by atoms with E-state index in [2.05, 4.69) is 5.32 Å². The maximum Gasteiger partial charge on any atom is 0.335 e. The highest BCUT2D eigenvalue weighted by Crippen LogP contribution is 2.27. The summed E-state index contributed by atoms with van der Waals surface area (Å²) in [4.78, 5) is 23.6. The zero-order valence-corrected chi connectivity index (χ0v) is 14.6. The minimum atomic E-state index is -1.11. The quantitative estimate of drug-likeness (QED) is 0.778. The van der Waals surface area contributed by atoms with Gasteiger partial charge in [0.05, 0.1) is 23.8 Å². The molecule has 27 heavy (non-hydrogen) atoms. The van der Waals surface area contributed by atoms with Crippen LogP contribution in [-0.4, -0.2) is 36.3 Å². The number of carbonyl (C=O) groups excluding carboxylic acids is 1. The van der Waals surface area contributed by atoms with Gasteiger partial charge in [0.1, 0.15) is 18.2 Å². The van der Waals surface area contributed by atoms with Gasteiger partial charge in [0, 0.05) is 12.7 Å². The molecule has 0 aromatic heterocycles. The average Bonchev–Trinajstić information content (AvgIpc) is 3.15. The van der Waals surface area contributed by atoms with E-state index in [4.69, 9.17) is 9.47 Å². The predicted octanol–water partition coefficient (Wildman–Crippen LogP) is 3.26. The van der Waals surface area contributed by atoms with E-state index in [0.29, 0.717) is 24.5 Å². The van der Waals surface area contributed by atoms with E-state index in [0.717, 1.165) is 12.8 Å². The Labute approximate surface area is 155 Å². The molecule has 0 spiro atoms. The third-order valence-electron chi connectivity index (χ3n) is 4.26. The largest absolute Gasteiger partial charge is 0.489 e. The average molecular weight is 373 g/mol. The molecule has 1 aliphatic heterocycles. The molecule has 1 aliphatic rings. The number of hydrogen-bond acceptors (Lipinski definition) is 4. The summed E-state index contributed by atoms with van der Waals surface area (Å²) in [5, 5.41) is 11.8. The third kappa shape index (κ3) is 5.04. The van der Waals surface area contributed by atoms with Gasteiger partial charge in [-0.05, 0) is 36.6 Å². The van der Waals surface area contributed by atoms with Gasteiger partial charge < -0.3 is 19.9 Å². The maximum atomic E-state index is 13.6. The lowest BCUT2D eigenvalue weighted by Gasteiger charge is -2.15. The molecule has 1 heterocycles. The van der Waals surface area contributed by atoms with Crippen LogP contribution in [0.1, 0.15) is 28.8 Å². The monoisotopic (exact) mass is 373 g/mol. The number of halogens is 1. The molecule has 2 aromatic rings. The number of carboxylic acids is 1. The topological polar surface area (TPSA) is 84.9 Å². The number of anilines is 1. The van der Waals surface area contributed by atoms with Gasteiger partial charge in [-0.3, -0.25) is 4.79 Å². The summed E-state index contributed by atoms with van der Waals surface area (Å²) in [5.74, 6) is -1.74. The summed E-state index contributed by atoms with van der Waals surface area (Å²) in [7, 11) is 0. The Bertz CT molecular complexity index is 833. The van der Waals surface area contributed by atoms with Crippen LogP contribution < -0.4 is 10.1 Å². The fourth-order valence-electron chi connectivity index (χ4n) is 2.93. The smallest absolute Gasteiger partial charge is 0.335 e. The zero-order chi connectivity index (χ0) is 19.2. The van der Waals surface area contributed by atoms with Gasteiger partial charge in [-0.15, -0.1) is 0 Å². The zero-order valence-electron chi connectivity index (χ0n) is 14.6. The predicted molar refractivity (Wildman–Crippen MR) is 96.6 cm³/mol. The number of hydrogen-bond donors (Lipinski definition) is 2. The molecule has 7 heteroatoms. The van der Waals surface area contributed by atoms with E-state index < -0.39 is 17.7 Å². The minimum absolute atomic E-state index is 0.0129. The Balaban J connectivity index is 1.69. The first-order chi connectivity index (χ1) is 13.0. The van der Waals surface area contributed by atoms with Gasteiger partial charge >= 0.3 is 5.97 Å². The van der Waals surface area contributed by atoms with Crippen molar-refractivity contribution in [1.82, 2.24) is 0 Å². The van der Waals surface area contributed by atoms with Crippen molar-refractivity contribution in [3.05, 3.63) is 59.4 Å². The number of aromatic carboxylic acids is 1. The van der Waals surface area contributed by atoms with Crippen LogP contribution in [0.4, 0.5) is 10.1 Å². The molecule has 0 saturated carbocycles. The second-order valence-corrected chi connectivity index (χ2v) is 6.27. The summed E-state index contributed by atoms with van der Waals surface area (Å²) in [5.41, 5.74) is 0.633. The van der Waals surface area contributed by atoms with Crippen molar-refractivity contribution < 1.29 is 28.6 Å². The Morgan fingerprint density at radius 1 is 1.26 bits per heavy atom. The summed E-state index contributed by atoms with van der Waals surface area (Å²) < 4.78 is 24.8. The van der Waals surface area contributed by atoms with Gasteiger partial charge in [-0.25, -0.2) is 9.18 Å². The molecular weight excluding hydrogens is 353 g/mol. The highest BCUT2D eigenvalue weighted by molar-refractivity contribution is 5.96. The maximum absolute atomic E-state index is 13.6. The molecule has 1 atom stereocenters. The Morgan fingerprint density at radius 2 is 2.07 bits per heavy atom. The number of rotatable bonds is 7. The van der Waals surface area contributed by atoms with Gasteiger partial charge in [-0.1, -0.05) is 18.2 Å². The lowest BCUT2D eigenvalue weighted by molar-refractivity contribution is -0.115. The second-order valence-electron chi connectivity index (χ2n) is 6.27. The van der Waals surface area contributed by atoms with Crippen molar-refractivity contribution in [2.45, 2.75) is 25.4 Å². The summed E-state index contributed by atoms with van der Waals surface area (Å²) in [6.07, 6.45) is 1.71. The summed E-state index contributed by atoms with van der Waals surface area (Å²) >= 11 is 0.